The molecule has 2 heterocycles. The first-order valence-corrected chi connectivity index (χ1v) is 11.8. The maximum absolute atomic E-state index is 13.1. The number of piperidine rings is 1. The van der Waals surface area contributed by atoms with E-state index in [1.54, 1.807) is 24.3 Å². The summed E-state index contributed by atoms with van der Waals surface area (Å²) in [5.41, 5.74) is 2.21. The Hall–Kier alpha value is -3.36. The van der Waals surface area contributed by atoms with Crippen LogP contribution in [-0.2, 0) is 4.79 Å². The Morgan fingerprint density at radius 3 is 2.39 bits per heavy atom. The molecule has 1 aromatic heterocycles. The molecular formula is C24H24ClN5O2S. The Kier molecular flexibility index (Phi) is 7.26. The highest BCUT2D eigenvalue weighted by molar-refractivity contribution is 7.20. The van der Waals surface area contributed by atoms with Gasteiger partial charge in [0.15, 0.2) is 0 Å². The Balaban J connectivity index is 1.46. The summed E-state index contributed by atoms with van der Waals surface area (Å²) in [6.45, 7) is 0.828. The van der Waals surface area contributed by atoms with Crippen LogP contribution in [0.2, 0.25) is 4.34 Å². The van der Waals surface area contributed by atoms with Crippen molar-refractivity contribution in [3.8, 4) is 0 Å². The fourth-order valence-corrected chi connectivity index (χ4v) is 4.60. The number of urea groups is 1. The molecule has 33 heavy (non-hydrogen) atoms. The summed E-state index contributed by atoms with van der Waals surface area (Å²) in [6, 6.07) is 18.5. The van der Waals surface area contributed by atoms with Gasteiger partial charge in [-0.25, -0.2) is 4.79 Å². The second-order valence-corrected chi connectivity index (χ2v) is 9.35. The molecule has 1 aliphatic rings. The van der Waals surface area contributed by atoms with Crippen molar-refractivity contribution in [1.82, 2.24) is 5.32 Å². The Bertz CT molecular complexity index is 1130. The van der Waals surface area contributed by atoms with Gasteiger partial charge in [-0.1, -0.05) is 41.9 Å². The molecule has 2 aromatic carbocycles. The molecule has 7 nitrogen and oxygen atoms in total. The molecular weight excluding hydrogens is 458 g/mol. The smallest absolute Gasteiger partial charge is 0.320 e. The number of benzene rings is 2. The number of hydrogen-bond donors (Lipinski definition) is 4. The molecule has 0 unspecified atom stereocenters. The number of anilines is 3. The van der Waals surface area contributed by atoms with Crippen LogP contribution in [0.15, 0.2) is 66.7 Å². The summed E-state index contributed by atoms with van der Waals surface area (Å²) in [7, 11) is 0. The van der Waals surface area contributed by atoms with E-state index in [1.165, 1.54) is 11.3 Å². The van der Waals surface area contributed by atoms with Gasteiger partial charge in [-0.15, -0.1) is 11.3 Å². The van der Waals surface area contributed by atoms with E-state index in [-0.39, 0.29) is 5.91 Å². The number of halogens is 1. The van der Waals surface area contributed by atoms with Crippen LogP contribution in [0.25, 0.3) is 0 Å². The minimum Gasteiger partial charge on any atom is -0.330 e. The molecule has 0 spiro atoms. The summed E-state index contributed by atoms with van der Waals surface area (Å²) in [6.07, 6.45) is 2.89. The molecule has 0 aliphatic carbocycles. The number of hydrogen-bond acceptors (Lipinski definition) is 4. The van der Waals surface area contributed by atoms with Crippen molar-refractivity contribution in [3.05, 3.63) is 76.6 Å². The molecule has 1 atom stereocenters. The van der Waals surface area contributed by atoms with Crippen molar-refractivity contribution in [3.63, 3.8) is 0 Å². The number of amidine groups is 1. The summed E-state index contributed by atoms with van der Waals surface area (Å²) in [5, 5.41) is 17.1. The van der Waals surface area contributed by atoms with Crippen molar-refractivity contribution in [2.45, 2.75) is 25.3 Å². The van der Waals surface area contributed by atoms with E-state index < -0.39 is 12.1 Å². The molecule has 0 saturated carbocycles. The topological polar surface area (TPSA) is 97.3 Å². The van der Waals surface area contributed by atoms with Crippen molar-refractivity contribution >= 4 is 57.1 Å². The van der Waals surface area contributed by atoms with E-state index in [1.807, 2.05) is 47.4 Å². The van der Waals surface area contributed by atoms with Gasteiger partial charge in [0, 0.05) is 24.3 Å². The van der Waals surface area contributed by atoms with E-state index in [2.05, 4.69) is 16.0 Å². The average Bonchev–Trinajstić information content (AvgIpc) is 3.23. The Labute approximate surface area is 201 Å². The lowest BCUT2D eigenvalue weighted by Crippen LogP contribution is -2.39. The number of nitrogens with zero attached hydrogens (tertiary/aromatic N) is 1. The van der Waals surface area contributed by atoms with Crippen LogP contribution in [-0.4, -0.2) is 24.3 Å². The Morgan fingerprint density at radius 2 is 1.73 bits per heavy atom. The van der Waals surface area contributed by atoms with Crippen LogP contribution in [0.5, 0.6) is 0 Å². The van der Waals surface area contributed by atoms with Gasteiger partial charge in [-0.05, 0) is 54.8 Å². The van der Waals surface area contributed by atoms with Gasteiger partial charge in [0.05, 0.1) is 9.34 Å². The molecule has 4 rings (SSSR count). The standard InChI is InChI=1S/C24H24ClN5O2S/c25-19-13-14-21(33-19)28-24(32)29-22(16-6-2-1-3-7-16)23(31)27-17-9-11-18(12-10-17)30-15-5-4-8-20(30)26/h1-3,6-7,9-14,22,26H,4-5,8,15H2,(H,27,31)(H2,28,29,32)/t22-/m1/s1. The first-order valence-electron chi connectivity index (χ1n) is 10.6. The molecule has 4 N–H and O–H groups in total. The summed E-state index contributed by atoms with van der Waals surface area (Å²) in [5.74, 6) is 0.253. The number of rotatable bonds is 6. The van der Waals surface area contributed by atoms with Gasteiger partial charge >= 0.3 is 6.03 Å². The predicted molar refractivity (Wildman–Crippen MR) is 135 cm³/mol. The molecule has 1 aliphatic heterocycles. The zero-order valence-corrected chi connectivity index (χ0v) is 19.4. The first kappa shape index (κ1) is 22.8. The van der Waals surface area contributed by atoms with Crippen LogP contribution in [0, 0.1) is 5.41 Å². The molecule has 1 saturated heterocycles. The lowest BCUT2D eigenvalue weighted by molar-refractivity contribution is -0.118. The predicted octanol–water partition coefficient (Wildman–Crippen LogP) is 5.87. The van der Waals surface area contributed by atoms with Crippen molar-refractivity contribution in [1.29, 1.82) is 5.41 Å². The number of carbonyl (C=O) groups excluding carboxylic acids is 2. The summed E-state index contributed by atoms with van der Waals surface area (Å²) < 4.78 is 0.561. The van der Waals surface area contributed by atoms with E-state index in [4.69, 9.17) is 17.0 Å². The third-order valence-electron chi connectivity index (χ3n) is 5.30. The zero-order valence-electron chi connectivity index (χ0n) is 17.8. The van der Waals surface area contributed by atoms with E-state index >= 15 is 0 Å². The van der Waals surface area contributed by atoms with Crippen LogP contribution in [0.4, 0.5) is 21.2 Å². The molecule has 9 heteroatoms. The highest BCUT2D eigenvalue weighted by Crippen LogP contribution is 2.26. The normalized spacial score (nSPS) is 14.5. The number of carbonyl (C=O) groups is 2. The van der Waals surface area contributed by atoms with E-state index in [9.17, 15) is 9.59 Å². The third-order valence-corrected chi connectivity index (χ3v) is 6.44. The Morgan fingerprint density at radius 1 is 0.970 bits per heavy atom. The van der Waals surface area contributed by atoms with E-state index in [0.717, 1.165) is 31.5 Å². The second-order valence-electron chi connectivity index (χ2n) is 7.64. The van der Waals surface area contributed by atoms with Gasteiger partial charge in [-0.2, -0.15) is 0 Å². The molecule has 3 amide bonds. The van der Waals surface area contributed by atoms with E-state index in [0.29, 0.717) is 26.4 Å². The second kappa shape index (κ2) is 10.5. The van der Waals surface area contributed by atoms with Gasteiger partial charge in [0.1, 0.15) is 11.9 Å². The zero-order chi connectivity index (χ0) is 23.2. The quantitative estimate of drug-likeness (QED) is 0.354. The molecule has 0 radical (unpaired) electrons. The fourth-order valence-electron chi connectivity index (χ4n) is 3.66. The minimum absolute atomic E-state index is 0.362. The number of nitrogens with one attached hydrogen (secondary N) is 4. The van der Waals surface area contributed by atoms with Crippen molar-refractivity contribution < 1.29 is 9.59 Å². The average molecular weight is 482 g/mol. The van der Waals surface area contributed by atoms with Crippen LogP contribution in [0.1, 0.15) is 30.9 Å². The molecule has 1 fully saturated rings. The summed E-state index contributed by atoms with van der Waals surface area (Å²) >= 11 is 7.16. The highest BCUT2D eigenvalue weighted by atomic mass is 35.5. The van der Waals surface area contributed by atoms with Crippen LogP contribution in [0.3, 0.4) is 0 Å². The van der Waals surface area contributed by atoms with Crippen LogP contribution >= 0.6 is 22.9 Å². The minimum atomic E-state index is -0.892. The van der Waals surface area contributed by atoms with Gasteiger partial charge in [0.2, 0.25) is 0 Å². The largest absolute Gasteiger partial charge is 0.330 e. The molecule has 170 valence electrons. The van der Waals surface area contributed by atoms with Gasteiger partial charge in [-0.3, -0.25) is 15.5 Å². The van der Waals surface area contributed by atoms with Gasteiger partial charge in [0.25, 0.3) is 5.91 Å². The van der Waals surface area contributed by atoms with Crippen LogP contribution < -0.4 is 20.9 Å². The SMILES string of the molecule is N=C1CCCCN1c1ccc(NC(=O)[C@H](NC(=O)Nc2ccc(Cl)s2)c2ccccc2)cc1. The fraction of sp³-hybridized carbons (Fsp3) is 0.208. The highest BCUT2D eigenvalue weighted by Gasteiger charge is 2.23. The molecule has 0 bridgehead atoms. The molecule has 3 aromatic rings. The third kappa shape index (κ3) is 5.91. The monoisotopic (exact) mass is 481 g/mol. The number of thiophene rings is 1. The van der Waals surface area contributed by atoms with Gasteiger partial charge < -0.3 is 15.5 Å². The maximum Gasteiger partial charge on any atom is 0.320 e. The lowest BCUT2D eigenvalue weighted by atomic mass is 10.1. The summed E-state index contributed by atoms with van der Waals surface area (Å²) in [4.78, 5) is 27.7. The maximum atomic E-state index is 13.1. The van der Waals surface area contributed by atoms with Crippen molar-refractivity contribution in [2.24, 2.45) is 0 Å². The lowest BCUT2D eigenvalue weighted by Gasteiger charge is -2.29. The van der Waals surface area contributed by atoms with Crippen molar-refractivity contribution in [2.75, 3.05) is 22.1 Å². The number of amides is 3. The first-order chi connectivity index (χ1) is 16.0.